The van der Waals surface area contributed by atoms with Crippen molar-refractivity contribution in [3.63, 3.8) is 0 Å². The number of nitrogens with one attached hydrogen (secondary N) is 2. The third-order valence-corrected chi connectivity index (χ3v) is 5.79. The second-order valence-corrected chi connectivity index (χ2v) is 7.78. The number of nitrogens with two attached hydrogens (primary N) is 2. The first-order valence-electron chi connectivity index (χ1n) is 9.91. The predicted molar refractivity (Wildman–Crippen MR) is 113 cm³/mol. The molecule has 0 amide bonds. The predicted octanol–water partition coefficient (Wildman–Crippen LogP) is 0.505. The highest BCUT2D eigenvalue weighted by molar-refractivity contribution is 6.00. The number of hydrogen-bond donors (Lipinski definition) is 4. The van der Waals surface area contributed by atoms with Crippen LogP contribution in [0.25, 0.3) is 10.9 Å². The number of pyridine rings is 1. The molecule has 1 aromatic heterocycles. The summed E-state index contributed by atoms with van der Waals surface area (Å²) in [5.41, 5.74) is 11.1. The van der Waals surface area contributed by atoms with Crippen LogP contribution in [-0.4, -0.2) is 29.5 Å². The Morgan fingerprint density at radius 3 is 3.00 bits per heavy atom. The normalized spacial score (nSPS) is 23.2. The van der Waals surface area contributed by atoms with Crippen LogP contribution in [-0.2, 0) is 0 Å². The van der Waals surface area contributed by atoms with E-state index in [1.165, 1.54) is 12.4 Å². The molecule has 9 heteroatoms. The van der Waals surface area contributed by atoms with Crippen molar-refractivity contribution in [2.75, 3.05) is 17.7 Å². The lowest BCUT2D eigenvalue weighted by atomic mass is 10.0. The van der Waals surface area contributed by atoms with E-state index in [0.717, 1.165) is 19.3 Å². The summed E-state index contributed by atoms with van der Waals surface area (Å²) >= 11 is 0. The third-order valence-electron chi connectivity index (χ3n) is 5.79. The van der Waals surface area contributed by atoms with Crippen molar-refractivity contribution < 1.29 is 14.1 Å². The minimum Gasteiger partial charge on any atom is -0.487 e. The van der Waals surface area contributed by atoms with Crippen molar-refractivity contribution in [1.82, 2.24) is 4.57 Å². The Morgan fingerprint density at radius 1 is 1.47 bits per heavy atom. The number of nitriles is 1. The van der Waals surface area contributed by atoms with E-state index in [9.17, 15) is 10.1 Å². The van der Waals surface area contributed by atoms with Crippen molar-refractivity contribution in [2.45, 2.75) is 44.3 Å². The van der Waals surface area contributed by atoms with E-state index in [1.807, 2.05) is 13.0 Å². The van der Waals surface area contributed by atoms with Crippen LogP contribution >= 0.6 is 0 Å². The molecule has 2 aromatic rings. The van der Waals surface area contributed by atoms with Gasteiger partial charge in [0.05, 0.1) is 22.6 Å². The van der Waals surface area contributed by atoms with Crippen molar-refractivity contribution in [1.29, 1.82) is 5.26 Å². The zero-order chi connectivity index (χ0) is 21.4. The Kier molecular flexibility index (Phi) is 5.08. The summed E-state index contributed by atoms with van der Waals surface area (Å²) < 4.78 is 23.0. The summed E-state index contributed by atoms with van der Waals surface area (Å²) in [6, 6.07) is 2.01. The fraction of sp³-hybridized carbons (Fsp3) is 0.381. The summed E-state index contributed by atoms with van der Waals surface area (Å²) in [6.07, 6.45) is 9.00. The summed E-state index contributed by atoms with van der Waals surface area (Å²) in [5, 5.41) is 12.6. The number of nitrogens with zero attached hydrogens (tertiary/aromatic N) is 2. The van der Waals surface area contributed by atoms with Gasteiger partial charge in [-0.2, -0.15) is 5.26 Å². The second-order valence-electron chi connectivity index (χ2n) is 7.78. The SMILES string of the molecule is C[C@H]1COc2c(NC3CCC([NH+]=CC=CN)C3)c(F)c(N)c3c(=O)c(C#N)cn1c23. The van der Waals surface area contributed by atoms with Gasteiger partial charge in [-0.25, -0.2) is 9.38 Å². The first-order valence-corrected chi connectivity index (χ1v) is 9.91. The molecule has 1 saturated carbocycles. The Hall–Kier alpha value is -3.54. The molecule has 1 fully saturated rings. The maximum Gasteiger partial charge on any atom is 0.209 e. The van der Waals surface area contributed by atoms with Gasteiger partial charge in [0.2, 0.25) is 5.43 Å². The lowest BCUT2D eigenvalue weighted by Gasteiger charge is -2.30. The quantitative estimate of drug-likeness (QED) is 0.428. The number of halogens is 1. The molecular formula is C21H24FN6O2+. The molecule has 1 aromatic carbocycles. The van der Waals surface area contributed by atoms with Crippen molar-refractivity contribution in [3.05, 3.63) is 40.1 Å². The van der Waals surface area contributed by atoms with E-state index in [-0.39, 0.29) is 46.2 Å². The van der Waals surface area contributed by atoms with Gasteiger partial charge in [0.1, 0.15) is 23.9 Å². The maximum atomic E-state index is 15.3. The van der Waals surface area contributed by atoms with Crippen LogP contribution in [0.4, 0.5) is 15.8 Å². The molecule has 0 bridgehead atoms. The van der Waals surface area contributed by atoms with E-state index >= 15 is 4.39 Å². The second kappa shape index (κ2) is 7.71. The van der Waals surface area contributed by atoms with Gasteiger partial charge in [0.15, 0.2) is 23.8 Å². The molecule has 30 heavy (non-hydrogen) atoms. The molecule has 2 heterocycles. The molecule has 2 aliphatic rings. The van der Waals surface area contributed by atoms with Gasteiger partial charge in [0, 0.05) is 31.2 Å². The highest BCUT2D eigenvalue weighted by atomic mass is 19.1. The number of aromatic nitrogens is 1. The number of nitrogen functional groups attached to an aromatic ring is 1. The van der Waals surface area contributed by atoms with E-state index < -0.39 is 11.2 Å². The van der Waals surface area contributed by atoms with Crippen molar-refractivity contribution in [3.8, 4) is 11.8 Å². The lowest BCUT2D eigenvalue weighted by Crippen LogP contribution is -2.75. The smallest absolute Gasteiger partial charge is 0.209 e. The largest absolute Gasteiger partial charge is 0.487 e. The standard InChI is InChI=1S/C21H23FN6O2/c1-11-10-30-21-18(27-14-4-3-13(7-14)26-6-2-5-23)16(22)17(25)15-19(21)28(11)9-12(8-24)20(15)29/h2,5-6,9,11,13-14,27H,3-4,7,10,23,25H2,1H3/p+1/t11-,13?,14?/m0/s1. The average Bonchev–Trinajstić information content (AvgIpc) is 3.18. The number of rotatable bonds is 4. The monoisotopic (exact) mass is 411 g/mol. The fourth-order valence-electron chi connectivity index (χ4n) is 4.27. The van der Waals surface area contributed by atoms with Crippen LogP contribution in [0.5, 0.6) is 5.75 Å². The summed E-state index contributed by atoms with van der Waals surface area (Å²) in [7, 11) is 0. The van der Waals surface area contributed by atoms with Gasteiger partial charge in [-0.1, -0.05) is 0 Å². The van der Waals surface area contributed by atoms with Crippen molar-refractivity contribution >= 4 is 28.5 Å². The molecule has 1 aliphatic carbocycles. The van der Waals surface area contributed by atoms with Gasteiger partial charge < -0.3 is 26.1 Å². The third kappa shape index (κ3) is 3.14. The zero-order valence-electron chi connectivity index (χ0n) is 16.6. The highest BCUT2D eigenvalue weighted by Gasteiger charge is 2.33. The Morgan fingerprint density at radius 2 is 2.27 bits per heavy atom. The summed E-state index contributed by atoms with van der Waals surface area (Å²) in [4.78, 5) is 16.0. The molecule has 8 nitrogen and oxygen atoms in total. The minimum absolute atomic E-state index is 0.00668. The minimum atomic E-state index is -0.722. The van der Waals surface area contributed by atoms with E-state index in [2.05, 4.69) is 10.3 Å². The molecule has 3 atom stereocenters. The maximum absolute atomic E-state index is 15.3. The molecule has 0 saturated heterocycles. The molecule has 2 unspecified atom stereocenters. The van der Waals surface area contributed by atoms with Crippen molar-refractivity contribution in [2.24, 2.45) is 5.73 Å². The van der Waals surface area contributed by atoms with Crippen LogP contribution in [0.15, 0.2) is 23.3 Å². The lowest BCUT2D eigenvalue weighted by molar-refractivity contribution is -0.495. The molecule has 156 valence electrons. The number of hydrogen-bond acceptors (Lipinski definition) is 6. The van der Waals surface area contributed by atoms with E-state index in [4.69, 9.17) is 16.2 Å². The first kappa shape index (κ1) is 19.8. The Bertz CT molecular complexity index is 1160. The topological polar surface area (TPSA) is 133 Å². The van der Waals surface area contributed by atoms with E-state index in [1.54, 1.807) is 16.9 Å². The summed E-state index contributed by atoms with van der Waals surface area (Å²) in [5.74, 6) is -0.453. The molecule has 6 N–H and O–H groups in total. The number of allylic oxidation sites excluding steroid dienone is 1. The van der Waals surface area contributed by atoms with Crippen LogP contribution < -0.4 is 31.9 Å². The van der Waals surface area contributed by atoms with E-state index in [0.29, 0.717) is 12.1 Å². The number of ether oxygens (including phenoxy) is 1. The Balaban J connectivity index is 1.79. The average molecular weight is 411 g/mol. The van der Waals surface area contributed by atoms with Gasteiger partial charge >= 0.3 is 0 Å². The Labute approximate surface area is 172 Å². The van der Waals surface area contributed by atoms with Gasteiger partial charge in [-0.15, -0.1) is 0 Å². The molecule has 0 radical (unpaired) electrons. The highest BCUT2D eigenvalue weighted by Crippen LogP contribution is 2.44. The fourth-order valence-corrected chi connectivity index (χ4v) is 4.27. The molecule has 4 rings (SSSR count). The first-order chi connectivity index (χ1) is 14.5. The van der Waals surface area contributed by atoms with Crippen LogP contribution in [0.1, 0.15) is 37.8 Å². The molecule has 0 spiro atoms. The van der Waals surface area contributed by atoms with Gasteiger partial charge in [-0.3, -0.25) is 4.79 Å². The van der Waals surface area contributed by atoms with Gasteiger partial charge in [0.25, 0.3) is 0 Å². The summed E-state index contributed by atoms with van der Waals surface area (Å²) in [6.45, 7) is 2.20. The molecular weight excluding hydrogens is 387 g/mol. The number of benzene rings is 1. The zero-order valence-corrected chi connectivity index (χ0v) is 16.6. The van der Waals surface area contributed by atoms with Gasteiger partial charge in [-0.05, 0) is 19.5 Å². The van der Waals surface area contributed by atoms with Crippen LogP contribution in [0.3, 0.4) is 0 Å². The molecule has 1 aliphatic heterocycles. The van der Waals surface area contributed by atoms with Crippen LogP contribution in [0, 0.1) is 17.1 Å². The number of anilines is 2. The van der Waals surface area contributed by atoms with Crippen LogP contribution in [0.2, 0.25) is 0 Å².